The largest absolute Gasteiger partial charge is 0.293 e. The van der Waals surface area contributed by atoms with E-state index in [1.165, 1.54) is 37.6 Å². The second kappa shape index (κ2) is 5.28. The molecule has 0 aliphatic carbocycles. The van der Waals surface area contributed by atoms with Crippen LogP contribution in [0.4, 0.5) is 0 Å². The minimum Gasteiger partial charge on any atom is -0.293 e. The summed E-state index contributed by atoms with van der Waals surface area (Å²) in [4.78, 5) is 2.50. The highest BCUT2D eigenvalue weighted by atomic mass is 35.5. The highest BCUT2D eigenvalue weighted by molar-refractivity contribution is 7.99. The molecule has 60 valence electrons. The van der Waals surface area contributed by atoms with Crippen molar-refractivity contribution in [3.05, 3.63) is 0 Å². The van der Waals surface area contributed by atoms with E-state index in [-0.39, 0.29) is 0 Å². The van der Waals surface area contributed by atoms with Gasteiger partial charge < -0.3 is 0 Å². The van der Waals surface area contributed by atoms with Crippen LogP contribution in [0.25, 0.3) is 0 Å². The Kier molecular flexibility index (Phi) is 4.59. The lowest BCUT2D eigenvalue weighted by molar-refractivity contribution is 0.349. The molecule has 1 heterocycles. The summed E-state index contributed by atoms with van der Waals surface area (Å²) in [5, 5.41) is 0. The number of hydrogen-bond donors (Lipinski definition) is 0. The average molecular weight is 180 g/mol. The van der Waals surface area contributed by atoms with E-state index >= 15 is 0 Å². The van der Waals surface area contributed by atoms with Crippen LogP contribution in [-0.4, -0.2) is 35.5 Å². The molecule has 0 aromatic carbocycles. The minimum atomic E-state index is 0.820. The Hall–Kier alpha value is 0.600. The van der Waals surface area contributed by atoms with Crippen LogP contribution in [0.1, 0.15) is 12.8 Å². The quantitative estimate of drug-likeness (QED) is 0.480. The lowest BCUT2D eigenvalue weighted by atomic mass is 10.3. The van der Waals surface area contributed by atoms with Gasteiger partial charge in [0, 0.05) is 24.1 Å². The maximum atomic E-state index is 5.56. The van der Waals surface area contributed by atoms with Crippen molar-refractivity contribution in [2.75, 3.05) is 30.6 Å². The highest BCUT2D eigenvalue weighted by Crippen LogP contribution is 2.13. The minimum absolute atomic E-state index is 0.820. The number of hydrogen-bond acceptors (Lipinski definition) is 2. The molecule has 0 bridgehead atoms. The van der Waals surface area contributed by atoms with Crippen LogP contribution in [0.2, 0.25) is 0 Å². The first kappa shape index (κ1) is 8.69. The SMILES string of the molecule is ClCCCCN1CCSC1. The Bertz CT molecular complexity index is 83.7. The Balaban J connectivity index is 1.91. The molecule has 10 heavy (non-hydrogen) atoms. The maximum Gasteiger partial charge on any atom is 0.0445 e. The zero-order valence-corrected chi connectivity index (χ0v) is 7.76. The fourth-order valence-corrected chi connectivity index (χ4v) is 2.28. The zero-order valence-electron chi connectivity index (χ0n) is 6.18. The number of nitrogens with zero attached hydrogens (tertiary/aromatic N) is 1. The van der Waals surface area contributed by atoms with Gasteiger partial charge in [-0.25, -0.2) is 0 Å². The Morgan fingerprint density at radius 1 is 1.40 bits per heavy atom. The van der Waals surface area contributed by atoms with Crippen molar-refractivity contribution in [3.63, 3.8) is 0 Å². The summed E-state index contributed by atoms with van der Waals surface area (Å²) in [5.41, 5.74) is 0. The molecule has 0 saturated carbocycles. The summed E-state index contributed by atoms with van der Waals surface area (Å²) >= 11 is 7.60. The molecule has 1 rings (SSSR count). The van der Waals surface area contributed by atoms with Gasteiger partial charge in [-0.15, -0.1) is 23.4 Å². The summed E-state index contributed by atoms with van der Waals surface area (Å²) in [5.74, 6) is 3.38. The number of thioether (sulfide) groups is 1. The van der Waals surface area contributed by atoms with Crippen molar-refractivity contribution in [1.29, 1.82) is 0 Å². The maximum absolute atomic E-state index is 5.56. The molecule has 0 unspecified atom stereocenters. The van der Waals surface area contributed by atoms with Crippen LogP contribution >= 0.6 is 23.4 Å². The van der Waals surface area contributed by atoms with Gasteiger partial charge in [0.1, 0.15) is 0 Å². The summed E-state index contributed by atoms with van der Waals surface area (Å²) in [7, 11) is 0. The van der Waals surface area contributed by atoms with Crippen molar-refractivity contribution in [2.24, 2.45) is 0 Å². The van der Waals surface area contributed by atoms with Gasteiger partial charge in [-0.3, -0.25) is 4.90 Å². The smallest absolute Gasteiger partial charge is 0.0445 e. The average Bonchev–Trinajstić information content (AvgIpc) is 2.41. The van der Waals surface area contributed by atoms with E-state index in [2.05, 4.69) is 4.90 Å². The van der Waals surface area contributed by atoms with Crippen LogP contribution in [0.3, 0.4) is 0 Å². The van der Waals surface area contributed by atoms with Gasteiger partial charge in [-0.05, 0) is 19.4 Å². The van der Waals surface area contributed by atoms with Gasteiger partial charge in [0.2, 0.25) is 0 Å². The summed E-state index contributed by atoms with van der Waals surface area (Å²) < 4.78 is 0. The predicted molar refractivity (Wildman–Crippen MR) is 48.9 cm³/mol. The molecular weight excluding hydrogens is 166 g/mol. The predicted octanol–water partition coefficient (Wildman–Crippen LogP) is 2.01. The third-order valence-corrected chi connectivity index (χ3v) is 2.97. The first-order chi connectivity index (χ1) is 4.93. The van der Waals surface area contributed by atoms with E-state index < -0.39 is 0 Å². The second-order valence-corrected chi connectivity index (χ2v) is 4.00. The number of halogens is 1. The van der Waals surface area contributed by atoms with Crippen molar-refractivity contribution in [2.45, 2.75) is 12.8 Å². The number of unbranched alkanes of at least 4 members (excludes halogenated alkanes) is 1. The summed E-state index contributed by atoms with van der Waals surface area (Å²) in [6.45, 7) is 2.53. The van der Waals surface area contributed by atoms with Crippen molar-refractivity contribution in [1.82, 2.24) is 4.90 Å². The third kappa shape index (κ3) is 3.13. The molecule has 1 saturated heterocycles. The molecule has 1 fully saturated rings. The lowest BCUT2D eigenvalue weighted by Crippen LogP contribution is -2.20. The van der Waals surface area contributed by atoms with Crippen LogP contribution in [0.5, 0.6) is 0 Å². The van der Waals surface area contributed by atoms with Crippen LogP contribution < -0.4 is 0 Å². The van der Waals surface area contributed by atoms with E-state index in [1.54, 1.807) is 0 Å². The summed E-state index contributed by atoms with van der Waals surface area (Å²) in [6.07, 6.45) is 2.44. The zero-order chi connectivity index (χ0) is 7.23. The lowest BCUT2D eigenvalue weighted by Gasteiger charge is -2.11. The van der Waals surface area contributed by atoms with Gasteiger partial charge in [-0.1, -0.05) is 0 Å². The number of rotatable bonds is 4. The van der Waals surface area contributed by atoms with Gasteiger partial charge in [0.15, 0.2) is 0 Å². The highest BCUT2D eigenvalue weighted by Gasteiger charge is 2.09. The standard InChI is InChI=1S/C7H14ClNS/c8-3-1-2-4-9-5-6-10-7-9/h1-7H2. The second-order valence-electron chi connectivity index (χ2n) is 2.55. The van der Waals surface area contributed by atoms with Crippen LogP contribution in [0, 0.1) is 0 Å². The molecule has 0 spiro atoms. The monoisotopic (exact) mass is 179 g/mol. The van der Waals surface area contributed by atoms with Crippen LogP contribution in [-0.2, 0) is 0 Å². The Morgan fingerprint density at radius 3 is 2.90 bits per heavy atom. The van der Waals surface area contributed by atoms with Crippen LogP contribution in [0.15, 0.2) is 0 Å². The molecule has 0 aromatic heterocycles. The fraction of sp³-hybridized carbons (Fsp3) is 1.00. The molecule has 0 radical (unpaired) electrons. The van der Waals surface area contributed by atoms with E-state index in [1.807, 2.05) is 11.8 Å². The van der Waals surface area contributed by atoms with Gasteiger partial charge in [0.05, 0.1) is 0 Å². The molecule has 0 N–H and O–H groups in total. The Morgan fingerprint density at radius 2 is 2.30 bits per heavy atom. The van der Waals surface area contributed by atoms with E-state index in [0.717, 1.165) is 5.88 Å². The Labute approximate surface area is 72.1 Å². The van der Waals surface area contributed by atoms with Gasteiger partial charge >= 0.3 is 0 Å². The van der Waals surface area contributed by atoms with Crippen molar-refractivity contribution < 1.29 is 0 Å². The van der Waals surface area contributed by atoms with E-state index in [0.29, 0.717) is 0 Å². The molecule has 1 aliphatic heterocycles. The fourth-order valence-electron chi connectivity index (χ4n) is 1.06. The van der Waals surface area contributed by atoms with Crippen molar-refractivity contribution >= 4 is 23.4 Å². The topological polar surface area (TPSA) is 3.24 Å². The van der Waals surface area contributed by atoms with E-state index in [9.17, 15) is 0 Å². The summed E-state index contributed by atoms with van der Waals surface area (Å²) in [6, 6.07) is 0. The number of alkyl halides is 1. The molecule has 3 heteroatoms. The van der Waals surface area contributed by atoms with E-state index in [4.69, 9.17) is 11.6 Å². The molecule has 0 atom stereocenters. The molecule has 0 aromatic rings. The first-order valence-electron chi connectivity index (χ1n) is 3.79. The molecular formula is C7H14ClNS. The molecule has 1 aliphatic rings. The molecule has 1 nitrogen and oxygen atoms in total. The van der Waals surface area contributed by atoms with Gasteiger partial charge in [-0.2, -0.15) is 0 Å². The normalized spacial score (nSPS) is 20.1. The van der Waals surface area contributed by atoms with Gasteiger partial charge in [0.25, 0.3) is 0 Å². The first-order valence-corrected chi connectivity index (χ1v) is 5.48. The third-order valence-electron chi connectivity index (χ3n) is 1.68. The molecule has 0 amide bonds. The van der Waals surface area contributed by atoms with Crippen molar-refractivity contribution in [3.8, 4) is 0 Å².